The van der Waals surface area contributed by atoms with Crippen molar-refractivity contribution in [1.29, 1.82) is 0 Å². The van der Waals surface area contributed by atoms with Gasteiger partial charge in [-0.1, -0.05) is 0 Å². The maximum Gasteiger partial charge on any atom is 0.204 e. The second-order valence-electron chi connectivity index (χ2n) is 1.07. The Kier molecular flexibility index (Phi) is 5.90. The third-order valence-electron chi connectivity index (χ3n) is 0.539. The fourth-order valence-electron chi connectivity index (χ4n) is 0.295. The first-order valence-corrected chi connectivity index (χ1v) is 2.22. The molecule has 1 amide bonds. The second kappa shape index (κ2) is 6.39. The van der Waals surface area contributed by atoms with Crippen LogP contribution in [0.2, 0.25) is 0 Å². The minimum absolute atomic E-state index is 0.250. The number of amides is 1. The molecular weight excluding hydrogens is 110 g/mol. The maximum absolute atomic E-state index is 8.58. The fourth-order valence-corrected chi connectivity index (χ4v) is 0.295. The average molecular weight is 119 g/mol. The van der Waals surface area contributed by atoms with Gasteiger partial charge in [0.1, 0.15) is 6.79 Å². The molecule has 0 aromatic rings. The SMILES string of the molecule is C1COCO1.NC=O. The van der Waals surface area contributed by atoms with Gasteiger partial charge in [0, 0.05) is 0 Å². The van der Waals surface area contributed by atoms with E-state index < -0.39 is 0 Å². The molecular formula is C4H9NO3. The number of rotatable bonds is 0. The summed E-state index contributed by atoms with van der Waals surface area (Å²) >= 11 is 0. The summed E-state index contributed by atoms with van der Waals surface area (Å²) in [5.41, 5.74) is 4.17. The molecule has 0 aromatic heterocycles. The van der Waals surface area contributed by atoms with E-state index >= 15 is 0 Å². The zero-order valence-corrected chi connectivity index (χ0v) is 4.50. The molecule has 0 bridgehead atoms. The van der Waals surface area contributed by atoms with Crippen molar-refractivity contribution in [2.45, 2.75) is 0 Å². The molecule has 1 aliphatic rings. The molecule has 0 radical (unpaired) electrons. The molecule has 0 aromatic carbocycles. The van der Waals surface area contributed by atoms with E-state index in [1.165, 1.54) is 0 Å². The van der Waals surface area contributed by atoms with Crippen LogP contribution in [0.1, 0.15) is 0 Å². The van der Waals surface area contributed by atoms with E-state index in [1.807, 2.05) is 0 Å². The second-order valence-corrected chi connectivity index (χ2v) is 1.07. The Labute approximate surface area is 47.6 Å². The molecule has 1 fully saturated rings. The number of carbonyl (C=O) groups is 1. The maximum atomic E-state index is 8.58. The Morgan fingerprint density at radius 3 is 1.88 bits per heavy atom. The summed E-state index contributed by atoms with van der Waals surface area (Å²) in [5, 5.41) is 0. The molecule has 1 heterocycles. The first-order chi connectivity index (χ1) is 3.91. The summed E-state index contributed by atoms with van der Waals surface area (Å²) < 4.78 is 9.44. The minimum Gasteiger partial charge on any atom is -0.372 e. The average Bonchev–Trinajstić information content (AvgIpc) is 2.17. The third-order valence-corrected chi connectivity index (χ3v) is 0.539. The molecule has 4 nitrogen and oxygen atoms in total. The van der Waals surface area contributed by atoms with Gasteiger partial charge in [0.25, 0.3) is 0 Å². The summed E-state index contributed by atoms with van der Waals surface area (Å²) in [4.78, 5) is 8.58. The van der Waals surface area contributed by atoms with E-state index in [-0.39, 0.29) is 6.41 Å². The molecule has 1 rings (SSSR count). The van der Waals surface area contributed by atoms with Crippen LogP contribution in [0.4, 0.5) is 0 Å². The van der Waals surface area contributed by atoms with Gasteiger partial charge in [-0.2, -0.15) is 0 Å². The summed E-state index contributed by atoms with van der Waals surface area (Å²) in [6, 6.07) is 0. The number of carbonyl (C=O) groups excluding carboxylic acids is 1. The van der Waals surface area contributed by atoms with Gasteiger partial charge in [-0.05, 0) is 0 Å². The lowest BCUT2D eigenvalue weighted by molar-refractivity contribution is -0.106. The normalized spacial score (nSPS) is 16.5. The Morgan fingerprint density at radius 1 is 1.38 bits per heavy atom. The van der Waals surface area contributed by atoms with Gasteiger partial charge >= 0.3 is 0 Å². The van der Waals surface area contributed by atoms with Crippen molar-refractivity contribution >= 4 is 6.41 Å². The number of nitrogens with two attached hydrogens (primary N) is 1. The van der Waals surface area contributed by atoms with Crippen LogP contribution in [0.25, 0.3) is 0 Å². The number of hydrogen-bond donors (Lipinski definition) is 1. The van der Waals surface area contributed by atoms with Gasteiger partial charge in [-0.15, -0.1) is 0 Å². The van der Waals surface area contributed by atoms with Gasteiger partial charge in [0.15, 0.2) is 0 Å². The Morgan fingerprint density at radius 2 is 1.75 bits per heavy atom. The molecule has 4 heteroatoms. The standard InChI is InChI=1S/C3H6O2.CH3NO/c1-2-5-3-4-1;2-1-3/h1-3H2;1H,(H2,2,3). The zero-order valence-electron chi connectivity index (χ0n) is 4.50. The van der Waals surface area contributed by atoms with Crippen LogP contribution in [0.15, 0.2) is 0 Å². The van der Waals surface area contributed by atoms with E-state index in [1.54, 1.807) is 0 Å². The van der Waals surface area contributed by atoms with Gasteiger partial charge < -0.3 is 15.2 Å². The quantitative estimate of drug-likeness (QED) is 0.420. The highest BCUT2D eigenvalue weighted by Gasteiger charge is 1.93. The Bertz CT molecular complexity index is 45.6. The smallest absolute Gasteiger partial charge is 0.204 e. The van der Waals surface area contributed by atoms with Crippen molar-refractivity contribution < 1.29 is 14.3 Å². The summed E-state index contributed by atoms with van der Waals surface area (Å²) in [6.07, 6.45) is 0.250. The number of primary amides is 1. The lowest BCUT2D eigenvalue weighted by atomic mass is 10.8. The summed E-state index contributed by atoms with van der Waals surface area (Å²) in [6.45, 7) is 2.06. The third kappa shape index (κ3) is 5.39. The van der Waals surface area contributed by atoms with Gasteiger partial charge in [-0.3, -0.25) is 4.79 Å². The van der Waals surface area contributed by atoms with Crippen molar-refractivity contribution in [2.24, 2.45) is 5.73 Å². The predicted octanol–water partition coefficient (Wildman–Crippen LogP) is -0.908. The van der Waals surface area contributed by atoms with Crippen LogP contribution in [0, 0.1) is 0 Å². The van der Waals surface area contributed by atoms with E-state index in [0.29, 0.717) is 6.79 Å². The first-order valence-electron chi connectivity index (χ1n) is 2.22. The summed E-state index contributed by atoms with van der Waals surface area (Å²) in [5.74, 6) is 0. The van der Waals surface area contributed by atoms with Crippen LogP contribution in [-0.2, 0) is 14.3 Å². The highest BCUT2D eigenvalue weighted by molar-refractivity contribution is 5.42. The topological polar surface area (TPSA) is 61.6 Å². The largest absolute Gasteiger partial charge is 0.372 e. The molecule has 2 N–H and O–H groups in total. The highest BCUT2D eigenvalue weighted by Crippen LogP contribution is 1.85. The van der Waals surface area contributed by atoms with E-state index in [2.05, 4.69) is 5.73 Å². The monoisotopic (exact) mass is 119 g/mol. The highest BCUT2D eigenvalue weighted by atomic mass is 16.7. The molecule has 0 unspecified atom stereocenters. The molecule has 1 aliphatic heterocycles. The molecule has 0 spiro atoms. The molecule has 8 heavy (non-hydrogen) atoms. The van der Waals surface area contributed by atoms with E-state index in [0.717, 1.165) is 13.2 Å². The van der Waals surface area contributed by atoms with Crippen molar-refractivity contribution in [3.63, 3.8) is 0 Å². The van der Waals surface area contributed by atoms with Crippen molar-refractivity contribution in [3.8, 4) is 0 Å². The van der Waals surface area contributed by atoms with Gasteiger partial charge in [-0.25, -0.2) is 0 Å². The van der Waals surface area contributed by atoms with Crippen LogP contribution >= 0.6 is 0 Å². The number of hydrogen-bond acceptors (Lipinski definition) is 3. The van der Waals surface area contributed by atoms with Crippen molar-refractivity contribution in [1.82, 2.24) is 0 Å². The van der Waals surface area contributed by atoms with E-state index in [9.17, 15) is 0 Å². The zero-order chi connectivity index (χ0) is 6.24. The van der Waals surface area contributed by atoms with Crippen LogP contribution < -0.4 is 5.73 Å². The van der Waals surface area contributed by atoms with Crippen LogP contribution in [0.3, 0.4) is 0 Å². The molecule has 0 atom stereocenters. The molecule has 0 aliphatic carbocycles. The van der Waals surface area contributed by atoms with Crippen LogP contribution in [0.5, 0.6) is 0 Å². The van der Waals surface area contributed by atoms with E-state index in [4.69, 9.17) is 14.3 Å². The summed E-state index contributed by atoms with van der Waals surface area (Å²) in [7, 11) is 0. The van der Waals surface area contributed by atoms with Gasteiger partial charge in [0.05, 0.1) is 13.2 Å². The van der Waals surface area contributed by atoms with Crippen molar-refractivity contribution in [2.75, 3.05) is 20.0 Å². The van der Waals surface area contributed by atoms with Crippen LogP contribution in [-0.4, -0.2) is 26.4 Å². The van der Waals surface area contributed by atoms with Crippen molar-refractivity contribution in [3.05, 3.63) is 0 Å². The molecule has 1 saturated heterocycles. The lowest BCUT2D eigenvalue weighted by Crippen LogP contribution is -1.82. The number of ether oxygens (including phenoxy) is 2. The predicted molar refractivity (Wildman–Crippen MR) is 27.0 cm³/mol. The molecule has 48 valence electrons. The molecule has 0 saturated carbocycles. The first kappa shape index (κ1) is 7.39. The van der Waals surface area contributed by atoms with Gasteiger partial charge in [0.2, 0.25) is 6.41 Å². The fraction of sp³-hybridized carbons (Fsp3) is 0.750. The Balaban J connectivity index is 0.000000145. The minimum atomic E-state index is 0.250. The lowest BCUT2D eigenvalue weighted by Gasteiger charge is -1.76. The Hall–Kier alpha value is -0.610.